The van der Waals surface area contributed by atoms with Crippen molar-refractivity contribution >= 4 is 5.82 Å². The van der Waals surface area contributed by atoms with Crippen LogP contribution < -0.4 is 14.4 Å². The van der Waals surface area contributed by atoms with Gasteiger partial charge in [-0.3, -0.25) is 0 Å². The molecule has 1 heterocycles. The van der Waals surface area contributed by atoms with Crippen LogP contribution in [0.2, 0.25) is 0 Å². The molecule has 0 radical (unpaired) electrons. The number of nitrogens with zero attached hydrogens (tertiary/aromatic N) is 2. The van der Waals surface area contributed by atoms with Gasteiger partial charge in [0.2, 0.25) is 5.88 Å². The summed E-state index contributed by atoms with van der Waals surface area (Å²) < 4.78 is 10.8. The predicted octanol–water partition coefficient (Wildman–Crippen LogP) is 1.70. The summed E-state index contributed by atoms with van der Waals surface area (Å²) in [7, 11) is 5.51. The molecule has 1 saturated carbocycles. The Morgan fingerprint density at radius 3 is 2.60 bits per heavy atom. The first-order valence-electron chi connectivity index (χ1n) is 5.09. The average molecular weight is 208 g/mol. The highest BCUT2D eigenvalue weighted by atomic mass is 16.5. The Labute approximate surface area is 89.8 Å². The van der Waals surface area contributed by atoms with Crippen LogP contribution in [0, 0.1) is 0 Å². The Morgan fingerprint density at radius 2 is 2.07 bits per heavy atom. The minimum atomic E-state index is 0.388. The van der Waals surface area contributed by atoms with Gasteiger partial charge >= 0.3 is 0 Å². The van der Waals surface area contributed by atoms with E-state index in [2.05, 4.69) is 4.98 Å². The van der Waals surface area contributed by atoms with E-state index < -0.39 is 0 Å². The van der Waals surface area contributed by atoms with Gasteiger partial charge in [-0.15, -0.1) is 0 Å². The van der Waals surface area contributed by atoms with E-state index in [-0.39, 0.29) is 0 Å². The molecule has 0 spiro atoms. The summed E-state index contributed by atoms with van der Waals surface area (Å²) in [5.41, 5.74) is 0. The van der Waals surface area contributed by atoms with E-state index in [9.17, 15) is 0 Å². The van der Waals surface area contributed by atoms with Gasteiger partial charge in [-0.25, -0.2) is 0 Å². The number of hydrogen-bond acceptors (Lipinski definition) is 4. The highest BCUT2D eigenvalue weighted by Crippen LogP contribution is 2.33. The fourth-order valence-corrected chi connectivity index (χ4v) is 1.31. The molecule has 1 aliphatic rings. The minimum absolute atomic E-state index is 0.388. The fourth-order valence-electron chi connectivity index (χ4n) is 1.31. The van der Waals surface area contributed by atoms with Gasteiger partial charge in [0.25, 0.3) is 0 Å². The van der Waals surface area contributed by atoms with Gasteiger partial charge in [0.15, 0.2) is 11.6 Å². The van der Waals surface area contributed by atoms with E-state index in [0.717, 1.165) is 24.4 Å². The van der Waals surface area contributed by atoms with Gasteiger partial charge < -0.3 is 14.4 Å². The summed E-state index contributed by atoms with van der Waals surface area (Å²) in [6.07, 6.45) is 2.69. The topological polar surface area (TPSA) is 34.6 Å². The Bertz CT molecular complexity index is 348. The van der Waals surface area contributed by atoms with Crippen LogP contribution in [0.4, 0.5) is 5.82 Å². The molecule has 15 heavy (non-hydrogen) atoms. The molecule has 1 aliphatic carbocycles. The van der Waals surface area contributed by atoms with E-state index in [4.69, 9.17) is 9.47 Å². The third-order valence-corrected chi connectivity index (χ3v) is 2.26. The summed E-state index contributed by atoms with van der Waals surface area (Å²) >= 11 is 0. The molecular weight excluding hydrogens is 192 g/mol. The van der Waals surface area contributed by atoms with Crippen molar-refractivity contribution in [3.63, 3.8) is 0 Å². The molecule has 4 heteroatoms. The van der Waals surface area contributed by atoms with Crippen LogP contribution in [0.15, 0.2) is 12.1 Å². The van der Waals surface area contributed by atoms with Crippen molar-refractivity contribution < 1.29 is 9.47 Å². The highest BCUT2D eigenvalue weighted by molar-refractivity contribution is 5.53. The van der Waals surface area contributed by atoms with Gasteiger partial charge in [0.1, 0.15) is 0 Å². The van der Waals surface area contributed by atoms with Crippen molar-refractivity contribution in [3.8, 4) is 11.6 Å². The first-order chi connectivity index (χ1) is 7.20. The molecule has 0 N–H and O–H groups in total. The van der Waals surface area contributed by atoms with Crippen LogP contribution in [0.1, 0.15) is 12.8 Å². The maximum absolute atomic E-state index is 5.76. The molecule has 0 atom stereocenters. The molecule has 0 aliphatic heterocycles. The summed E-state index contributed by atoms with van der Waals surface area (Å²) in [6, 6.07) is 3.74. The van der Waals surface area contributed by atoms with E-state index in [0.29, 0.717) is 12.0 Å². The van der Waals surface area contributed by atoms with Crippen LogP contribution in [0.5, 0.6) is 11.6 Å². The Balaban J connectivity index is 2.25. The van der Waals surface area contributed by atoms with Gasteiger partial charge in [-0.2, -0.15) is 4.98 Å². The Kier molecular flexibility index (Phi) is 2.66. The molecule has 1 aromatic rings. The van der Waals surface area contributed by atoms with Gasteiger partial charge in [-0.05, 0) is 18.9 Å². The first kappa shape index (κ1) is 10.1. The zero-order valence-corrected chi connectivity index (χ0v) is 9.36. The molecule has 0 aromatic carbocycles. The molecule has 82 valence electrons. The molecule has 0 unspecified atom stereocenters. The fraction of sp³-hybridized carbons (Fsp3) is 0.545. The number of anilines is 1. The van der Waals surface area contributed by atoms with Crippen LogP contribution in [0.3, 0.4) is 0 Å². The monoisotopic (exact) mass is 208 g/mol. The second-order valence-electron chi connectivity index (χ2n) is 3.89. The van der Waals surface area contributed by atoms with Crippen molar-refractivity contribution in [3.05, 3.63) is 12.1 Å². The predicted molar refractivity (Wildman–Crippen MR) is 58.8 cm³/mol. The number of aromatic nitrogens is 1. The van der Waals surface area contributed by atoms with Gasteiger partial charge in [-0.1, -0.05) is 0 Å². The van der Waals surface area contributed by atoms with Crippen LogP contribution in [-0.4, -0.2) is 32.3 Å². The third kappa shape index (κ3) is 2.32. The van der Waals surface area contributed by atoms with Crippen LogP contribution in [-0.2, 0) is 0 Å². The Hall–Kier alpha value is -1.45. The van der Waals surface area contributed by atoms with E-state index in [1.165, 1.54) is 0 Å². The SMILES string of the molecule is COc1ccc(OC2CC2)c(N(C)C)n1. The lowest BCUT2D eigenvalue weighted by Gasteiger charge is -2.17. The molecule has 0 amide bonds. The van der Waals surface area contributed by atoms with Gasteiger partial charge in [0.05, 0.1) is 13.2 Å². The average Bonchev–Trinajstić information content (AvgIpc) is 3.02. The summed E-state index contributed by atoms with van der Waals surface area (Å²) in [5, 5.41) is 0. The highest BCUT2D eigenvalue weighted by Gasteiger charge is 2.25. The normalized spacial score (nSPS) is 14.9. The smallest absolute Gasteiger partial charge is 0.215 e. The number of rotatable bonds is 4. The molecule has 0 bridgehead atoms. The summed E-state index contributed by atoms with van der Waals surface area (Å²) in [4.78, 5) is 6.28. The van der Waals surface area contributed by atoms with E-state index >= 15 is 0 Å². The van der Waals surface area contributed by atoms with Gasteiger partial charge in [0, 0.05) is 20.2 Å². The standard InChI is InChI=1S/C11H16N2O2/c1-13(2)11-9(15-8-4-5-8)6-7-10(12-11)14-3/h6-8H,4-5H2,1-3H3. The molecule has 4 nitrogen and oxygen atoms in total. The third-order valence-electron chi connectivity index (χ3n) is 2.26. The van der Waals surface area contributed by atoms with E-state index in [1.54, 1.807) is 7.11 Å². The zero-order chi connectivity index (χ0) is 10.8. The van der Waals surface area contributed by atoms with Crippen LogP contribution in [0.25, 0.3) is 0 Å². The lowest BCUT2D eigenvalue weighted by molar-refractivity contribution is 0.301. The maximum Gasteiger partial charge on any atom is 0.215 e. The molecule has 2 rings (SSSR count). The van der Waals surface area contributed by atoms with Crippen LogP contribution >= 0.6 is 0 Å². The van der Waals surface area contributed by atoms with Crippen molar-refractivity contribution in [2.75, 3.05) is 26.1 Å². The molecule has 1 fully saturated rings. The van der Waals surface area contributed by atoms with Crippen molar-refractivity contribution in [1.29, 1.82) is 0 Å². The number of ether oxygens (including phenoxy) is 2. The van der Waals surface area contributed by atoms with E-state index in [1.807, 2.05) is 31.1 Å². The van der Waals surface area contributed by atoms with Crippen molar-refractivity contribution in [2.24, 2.45) is 0 Å². The first-order valence-corrected chi connectivity index (χ1v) is 5.09. The second kappa shape index (κ2) is 3.96. The maximum atomic E-state index is 5.76. The van der Waals surface area contributed by atoms with Crippen molar-refractivity contribution in [2.45, 2.75) is 18.9 Å². The Morgan fingerprint density at radius 1 is 1.33 bits per heavy atom. The lowest BCUT2D eigenvalue weighted by atomic mass is 10.4. The minimum Gasteiger partial charge on any atom is -0.487 e. The second-order valence-corrected chi connectivity index (χ2v) is 3.89. The molecular formula is C11H16N2O2. The number of methoxy groups -OCH3 is 1. The van der Waals surface area contributed by atoms with Crippen molar-refractivity contribution in [1.82, 2.24) is 4.98 Å². The zero-order valence-electron chi connectivity index (χ0n) is 9.36. The molecule has 1 aromatic heterocycles. The summed E-state index contributed by atoms with van der Waals surface area (Å²) in [6.45, 7) is 0. The molecule has 0 saturated heterocycles. The number of hydrogen-bond donors (Lipinski definition) is 0. The lowest BCUT2D eigenvalue weighted by Crippen LogP contribution is -2.13. The largest absolute Gasteiger partial charge is 0.487 e. The quantitative estimate of drug-likeness (QED) is 0.754. The summed E-state index contributed by atoms with van der Waals surface area (Å²) in [5.74, 6) is 2.27. The number of pyridine rings is 1.